The Bertz CT molecular complexity index is 596. The first-order chi connectivity index (χ1) is 8.22. The molecule has 0 amide bonds. The molecule has 0 saturated carbocycles. The summed E-state index contributed by atoms with van der Waals surface area (Å²) in [7, 11) is 1.55. The van der Waals surface area contributed by atoms with Crippen LogP contribution in [-0.2, 0) is 0 Å². The molecular formula is C13H11NO3. The molecule has 1 aromatic heterocycles. The molecule has 17 heavy (non-hydrogen) atoms. The molecule has 0 saturated heterocycles. The monoisotopic (exact) mass is 229 g/mol. The minimum Gasteiger partial charge on any atom is -0.504 e. The number of ether oxygens (including phenoxy) is 1. The van der Waals surface area contributed by atoms with Crippen LogP contribution in [0, 0.1) is 0 Å². The standard InChI is InChI=1S/C13H11NO3/c1-17-13-5-6-14-8-10(13)9-3-2-4-11(15)12(16)7-9/h2-8H,1H3,(H,15,16). The Balaban J connectivity index is 2.66. The molecular weight excluding hydrogens is 218 g/mol. The molecule has 2 rings (SSSR count). The second kappa shape index (κ2) is 4.65. The number of nitrogens with zero attached hydrogens (tertiary/aromatic N) is 1. The van der Waals surface area contributed by atoms with Gasteiger partial charge in [-0.2, -0.15) is 0 Å². The summed E-state index contributed by atoms with van der Waals surface area (Å²) in [6, 6.07) is 7.76. The molecule has 0 atom stereocenters. The third-order valence-electron chi connectivity index (χ3n) is 2.38. The van der Waals surface area contributed by atoms with Gasteiger partial charge in [0.15, 0.2) is 5.75 Å². The van der Waals surface area contributed by atoms with E-state index in [4.69, 9.17) is 4.74 Å². The molecule has 0 radical (unpaired) electrons. The minimum atomic E-state index is -0.434. The second-order valence-electron chi connectivity index (χ2n) is 3.45. The van der Waals surface area contributed by atoms with Crippen molar-refractivity contribution >= 4 is 0 Å². The summed E-state index contributed by atoms with van der Waals surface area (Å²) in [6.45, 7) is 0. The topological polar surface area (TPSA) is 59.4 Å². The zero-order chi connectivity index (χ0) is 12.3. The van der Waals surface area contributed by atoms with Gasteiger partial charge in [0.05, 0.1) is 7.11 Å². The van der Waals surface area contributed by atoms with E-state index < -0.39 is 5.43 Å². The van der Waals surface area contributed by atoms with Crippen LogP contribution in [0.25, 0.3) is 11.1 Å². The molecule has 0 unspecified atom stereocenters. The van der Waals surface area contributed by atoms with E-state index in [1.807, 2.05) is 0 Å². The molecule has 1 N–H and O–H groups in total. The molecule has 0 aliphatic heterocycles. The molecule has 4 heteroatoms. The lowest BCUT2D eigenvalue weighted by molar-refractivity contribution is 0.416. The van der Waals surface area contributed by atoms with Crippen LogP contribution in [0.4, 0.5) is 0 Å². The number of methoxy groups -OCH3 is 1. The molecule has 0 bridgehead atoms. The average Bonchev–Trinajstić information content (AvgIpc) is 2.52. The molecule has 0 spiro atoms. The quantitative estimate of drug-likeness (QED) is 0.853. The van der Waals surface area contributed by atoms with Crippen molar-refractivity contribution in [2.75, 3.05) is 7.11 Å². The predicted molar refractivity (Wildman–Crippen MR) is 64.2 cm³/mol. The van der Waals surface area contributed by atoms with Crippen LogP contribution in [0.3, 0.4) is 0 Å². The van der Waals surface area contributed by atoms with Crippen LogP contribution in [-0.4, -0.2) is 17.2 Å². The van der Waals surface area contributed by atoms with Crippen LogP contribution in [0.5, 0.6) is 11.5 Å². The summed E-state index contributed by atoms with van der Waals surface area (Å²) in [5.74, 6) is 0.351. The Kier molecular flexibility index (Phi) is 3.05. The van der Waals surface area contributed by atoms with Crippen molar-refractivity contribution in [1.29, 1.82) is 0 Å². The molecule has 1 aromatic carbocycles. The first-order valence-electron chi connectivity index (χ1n) is 5.04. The van der Waals surface area contributed by atoms with Crippen molar-refractivity contribution in [1.82, 2.24) is 4.98 Å². The average molecular weight is 229 g/mol. The van der Waals surface area contributed by atoms with Crippen molar-refractivity contribution < 1.29 is 9.84 Å². The smallest absolute Gasteiger partial charge is 0.220 e. The number of hydrogen-bond acceptors (Lipinski definition) is 4. The van der Waals surface area contributed by atoms with E-state index in [0.717, 1.165) is 0 Å². The number of aromatic nitrogens is 1. The number of aromatic hydroxyl groups is 1. The summed E-state index contributed by atoms with van der Waals surface area (Å²) in [4.78, 5) is 15.5. The fourth-order valence-corrected chi connectivity index (χ4v) is 1.53. The maximum absolute atomic E-state index is 11.5. The van der Waals surface area contributed by atoms with Crippen LogP contribution < -0.4 is 10.2 Å². The fourth-order valence-electron chi connectivity index (χ4n) is 1.53. The fraction of sp³-hybridized carbons (Fsp3) is 0.0769. The van der Waals surface area contributed by atoms with E-state index in [1.165, 1.54) is 12.1 Å². The first-order valence-corrected chi connectivity index (χ1v) is 5.04. The zero-order valence-corrected chi connectivity index (χ0v) is 9.25. The Labute approximate surface area is 98.2 Å². The van der Waals surface area contributed by atoms with Gasteiger partial charge >= 0.3 is 0 Å². The van der Waals surface area contributed by atoms with Crippen molar-refractivity contribution in [3.8, 4) is 22.6 Å². The molecule has 0 aliphatic carbocycles. The van der Waals surface area contributed by atoms with Gasteiger partial charge in [-0.1, -0.05) is 12.1 Å². The maximum atomic E-state index is 11.5. The highest BCUT2D eigenvalue weighted by molar-refractivity contribution is 5.69. The van der Waals surface area contributed by atoms with Gasteiger partial charge in [-0.15, -0.1) is 0 Å². The van der Waals surface area contributed by atoms with E-state index in [-0.39, 0.29) is 5.75 Å². The minimum absolute atomic E-state index is 0.279. The summed E-state index contributed by atoms with van der Waals surface area (Å²) in [6.07, 6.45) is 3.23. The molecule has 0 aliphatic rings. The van der Waals surface area contributed by atoms with Crippen molar-refractivity contribution in [2.24, 2.45) is 0 Å². The zero-order valence-electron chi connectivity index (χ0n) is 9.25. The van der Waals surface area contributed by atoms with Gasteiger partial charge in [0, 0.05) is 18.0 Å². The van der Waals surface area contributed by atoms with E-state index in [9.17, 15) is 9.90 Å². The third kappa shape index (κ3) is 2.25. The van der Waals surface area contributed by atoms with Gasteiger partial charge in [0.2, 0.25) is 5.43 Å². The number of pyridine rings is 1. The Morgan fingerprint density at radius 3 is 2.88 bits per heavy atom. The molecule has 4 nitrogen and oxygen atoms in total. The van der Waals surface area contributed by atoms with Crippen molar-refractivity contribution in [3.63, 3.8) is 0 Å². The van der Waals surface area contributed by atoms with E-state index in [1.54, 1.807) is 37.7 Å². The van der Waals surface area contributed by atoms with Gasteiger partial charge in [-0.3, -0.25) is 9.78 Å². The Morgan fingerprint density at radius 2 is 2.12 bits per heavy atom. The summed E-state index contributed by atoms with van der Waals surface area (Å²) in [5, 5.41) is 9.32. The second-order valence-corrected chi connectivity index (χ2v) is 3.45. The largest absolute Gasteiger partial charge is 0.504 e. The normalized spacial score (nSPS) is 9.94. The van der Waals surface area contributed by atoms with Crippen LogP contribution in [0.15, 0.2) is 47.5 Å². The van der Waals surface area contributed by atoms with E-state index >= 15 is 0 Å². The maximum Gasteiger partial charge on any atom is 0.220 e. The molecule has 0 fully saturated rings. The van der Waals surface area contributed by atoms with E-state index in [2.05, 4.69) is 4.98 Å². The lowest BCUT2D eigenvalue weighted by atomic mass is 10.1. The highest BCUT2D eigenvalue weighted by atomic mass is 16.5. The lowest BCUT2D eigenvalue weighted by Crippen LogP contribution is -1.95. The molecule has 2 aromatic rings. The van der Waals surface area contributed by atoms with Crippen LogP contribution >= 0.6 is 0 Å². The highest BCUT2D eigenvalue weighted by Gasteiger charge is 2.05. The number of hydrogen-bond donors (Lipinski definition) is 1. The summed E-state index contributed by atoms with van der Waals surface area (Å²) >= 11 is 0. The predicted octanol–water partition coefficient (Wildman–Crippen LogP) is 1.82. The third-order valence-corrected chi connectivity index (χ3v) is 2.38. The van der Waals surface area contributed by atoms with Gasteiger partial charge in [0.25, 0.3) is 0 Å². The Morgan fingerprint density at radius 1 is 1.29 bits per heavy atom. The van der Waals surface area contributed by atoms with Crippen LogP contribution in [0.2, 0.25) is 0 Å². The van der Waals surface area contributed by atoms with Gasteiger partial charge in [-0.05, 0) is 23.8 Å². The first kappa shape index (κ1) is 11.1. The number of rotatable bonds is 2. The van der Waals surface area contributed by atoms with Gasteiger partial charge in [-0.25, -0.2) is 0 Å². The lowest BCUT2D eigenvalue weighted by Gasteiger charge is -2.05. The van der Waals surface area contributed by atoms with Crippen molar-refractivity contribution in [3.05, 3.63) is 52.9 Å². The summed E-state index contributed by atoms with van der Waals surface area (Å²) < 4.78 is 5.20. The summed E-state index contributed by atoms with van der Waals surface area (Å²) in [5.41, 5.74) is 0.929. The van der Waals surface area contributed by atoms with Crippen molar-refractivity contribution in [2.45, 2.75) is 0 Å². The molecule has 86 valence electrons. The van der Waals surface area contributed by atoms with Crippen LogP contribution in [0.1, 0.15) is 0 Å². The molecule has 1 heterocycles. The SMILES string of the molecule is COc1ccncc1-c1cccc(O)c(=O)c1. The Hall–Kier alpha value is -2.36. The van der Waals surface area contributed by atoms with Gasteiger partial charge < -0.3 is 9.84 Å². The highest BCUT2D eigenvalue weighted by Crippen LogP contribution is 2.27. The van der Waals surface area contributed by atoms with Gasteiger partial charge in [0.1, 0.15) is 5.75 Å². The van der Waals surface area contributed by atoms with E-state index in [0.29, 0.717) is 16.9 Å².